The Balaban J connectivity index is 2.17. The van der Waals surface area contributed by atoms with Crippen molar-refractivity contribution >= 4 is 0 Å². The van der Waals surface area contributed by atoms with Crippen molar-refractivity contribution in [1.82, 2.24) is 0 Å². The summed E-state index contributed by atoms with van der Waals surface area (Å²) in [6, 6.07) is 14.3. The minimum absolute atomic E-state index is 0.479. The Morgan fingerprint density at radius 1 is 1.10 bits per heavy atom. The van der Waals surface area contributed by atoms with E-state index in [9.17, 15) is 5.11 Å². The van der Waals surface area contributed by atoms with Crippen LogP contribution in [0.3, 0.4) is 0 Å². The number of rotatable bonds is 5. The number of hydrogen-bond acceptors (Lipinski definition) is 2. The summed E-state index contributed by atoms with van der Waals surface area (Å²) in [5.74, 6) is 0. The molecule has 0 aromatic heterocycles. The minimum Gasteiger partial charge on any atom is -0.388 e. The molecule has 106 valence electrons. The summed E-state index contributed by atoms with van der Waals surface area (Å²) < 4.78 is 5.13. The molecular formula is C18H22O2. The summed E-state index contributed by atoms with van der Waals surface area (Å²) in [7, 11) is 1.68. The number of benzene rings is 2. The lowest BCUT2D eigenvalue weighted by Gasteiger charge is -2.14. The zero-order valence-electron chi connectivity index (χ0n) is 12.4. The fourth-order valence-electron chi connectivity index (χ4n) is 2.40. The first-order valence-electron chi connectivity index (χ1n) is 6.92. The van der Waals surface area contributed by atoms with Crippen LogP contribution in [-0.2, 0) is 17.8 Å². The van der Waals surface area contributed by atoms with Gasteiger partial charge in [-0.25, -0.2) is 0 Å². The third-order valence-corrected chi connectivity index (χ3v) is 3.56. The highest BCUT2D eigenvalue weighted by Gasteiger charge is 2.11. The molecule has 0 bridgehead atoms. The van der Waals surface area contributed by atoms with Crippen molar-refractivity contribution in [3.63, 3.8) is 0 Å². The monoisotopic (exact) mass is 270 g/mol. The van der Waals surface area contributed by atoms with Gasteiger partial charge in [-0.3, -0.25) is 0 Å². The average molecular weight is 270 g/mol. The first kappa shape index (κ1) is 14.8. The van der Waals surface area contributed by atoms with Crippen LogP contribution in [-0.4, -0.2) is 12.2 Å². The van der Waals surface area contributed by atoms with Crippen LogP contribution in [0.4, 0.5) is 0 Å². The number of aliphatic hydroxyl groups is 1. The zero-order chi connectivity index (χ0) is 14.5. The number of aliphatic hydroxyl groups excluding tert-OH is 1. The quantitative estimate of drug-likeness (QED) is 0.897. The Hall–Kier alpha value is -1.64. The van der Waals surface area contributed by atoms with Crippen LogP contribution in [0.15, 0.2) is 42.5 Å². The van der Waals surface area contributed by atoms with Crippen molar-refractivity contribution in [1.29, 1.82) is 0 Å². The van der Waals surface area contributed by atoms with Gasteiger partial charge < -0.3 is 9.84 Å². The predicted molar refractivity (Wildman–Crippen MR) is 81.7 cm³/mol. The van der Waals surface area contributed by atoms with Gasteiger partial charge in [-0.05, 0) is 36.1 Å². The Bertz CT molecular complexity index is 575. The van der Waals surface area contributed by atoms with Gasteiger partial charge in [0.2, 0.25) is 0 Å². The van der Waals surface area contributed by atoms with Gasteiger partial charge in [0.15, 0.2) is 0 Å². The first-order valence-corrected chi connectivity index (χ1v) is 6.92. The highest BCUT2D eigenvalue weighted by molar-refractivity contribution is 5.33. The van der Waals surface area contributed by atoms with E-state index in [0.717, 1.165) is 11.1 Å². The van der Waals surface area contributed by atoms with E-state index in [1.807, 2.05) is 24.3 Å². The van der Waals surface area contributed by atoms with E-state index in [-0.39, 0.29) is 0 Å². The molecule has 0 aliphatic rings. The van der Waals surface area contributed by atoms with E-state index in [1.165, 1.54) is 16.7 Å². The van der Waals surface area contributed by atoms with Gasteiger partial charge in [-0.2, -0.15) is 0 Å². The van der Waals surface area contributed by atoms with Gasteiger partial charge >= 0.3 is 0 Å². The van der Waals surface area contributed by atoms with Gasteiger partial charge in [-0.15, -0.1) is 0 Å². The third kappa shape index (κ3) is 3.69. The molecule has 0 saturated heterocycles. The Kier molecular flexibility index (Phi) is 4.94. The van der Waals surface area contributed by atoms with Gasteiger partial charge in [0.1, 0.15) is 0 Å². The molecule has 0 spiro atoms. The van der Waals surface area contributed by atoms with Crippen molar-refractivity contribution in [3.05, 3.63) is 70.3 Å². The molecule has 0 aliphatic carbocycles. The molecule has 0 amide bonds. The van der Waals surface area contributed by atoms with Crippen LogP contribution in [0.1, 0.15) is 33.9 Å². The number of aryl methyl sites for hydroxylation is 2. The van der Waals surface area contributed by atoms with E-state index >= 15 is 0 Å². The molecule has 2 rings (SSSR count). The molecule has 1 N–H and O–H groups in total. The number of ether oxygens (including phenoxy) is 1. The Labute approximate surface area is 121 Å². The van der Waals surface area contributed by atoms with E-state index in [0.29, 0.717) is 13.0 Å². The molecule has 0 saturated carbocycles. The molecule has 2 heteroatoms. The van der Waals surface area contributed by atoms with Gasteiger partial charge in [0.25, 0.3) is 0 Å². The van der Waals surface area contributed by atoms with Crippen molar-refractivity contribution in [2.45, 2.75) is 33.0 Å². The molecule has 2 aromatic carbocycles. The number of hydrogen-bond donors (Lipinski definition) is 1. The van der Waals surface area contributed by atoms with Gasteiger partial charge in [-0.1, -0.05) is 48.0 Å². The second kappa shape index (κ2) is 6.69. The van der Waals surface area contributed by atoms with E-state index in [1.54, 1.807) is 7.11 Å². The van der Waals surface area contributed by atoms with Crippen molar-refractivity contribution in [2.24, 2.45) is 0 Å². The third-order valence-electron chi connectivity index (χ3n) is 3.56. The van der Waals surface area contributed by atoms with Crippen molar-refractivity contribution in [3.8, 4) is 0 Å². The molecule has 0 fully saturated rings. The summed E-state index contributed by atoms with van der Waals surface area (Å²) in [4.78, 5) is 0. The standard InChI is InChI=1S/C18H22O2/c1-13-7-8-14(2)17(9-13)11-18(19)16-6-4-5-15(10-16)12-20-3/h4-10,18-19H,11-12H2,1-3H3. The lowest BCUT2D eigenvalue weighted by molar-refractivity contribution is 0.175. The normalized spacial score (nSPS) is 12.4. The van der Waals surface area contributed by atoms with Crippen molar-refractivity contribution in [2.75, 3.05) is 7.11 Å². The predicted octanol–water partition coefficient (Wildman–Crippen LogP) is 3.73. The maximum Gasteiger partial charge on any atom is 0.0830 e. The SMILES string of the molecule is COCc1cccc(C(O)Cc2cc(C)ccc2C)c1. The lowest BCUT2D eigenvalue weighted by atomic mass is 9.96. The van der Waals surface area contributed by atoms with E-state index in [4.69, 9.17) is 4.74 Å². The Morgan fingerprint density at radius 2 is 1.90 bits per heavy atom. The van der Waals surface area contributed by atoms with Crippen LogP contribution in [0.25, 0.3) is 0 Å². The highest BCUT2D eigenvalue weighted by atomic mass is 16.5. The first-order chi connectivity index (χ1) is 9.60. The second-order valence-corrected chi connectivity index (χ2v) is 5.33. The van der Waals surface area contributed by atoms with Crippen molar-refractivity contribution < 1.29 is 9.84 Å². The summed E-state index contributed by atoms with van der Waals surface area (Å²) in [6.45, 7) is 4.74. The molecule has 0 aliphatic heterocycles. The second-order valence-electron chi connectivity index (χ2n) is 5.33. The molecule has 0 radical (unpaired) electrons. The molecule has 1 unspecified atom stereocenters. The number of methoxy groups -OCH3 is 1. The fraction of sp³-hybridized carbons (Fsp3) is 0.333. The zero-order valence-corrected chi connectivity index (χ0v) is 12.4. The molecule has 2 aromatic rings. The summed E-state index contributed by atoms with van der Waals surface area (Å²) in [5, 5.41) is 10.4. The van der Waals surface area contributed by atoms with Crippen LogP contribution >= 0.6 is 0 Å². The molecular weight excluding hydrogens is 248 g/mol. The fourth-order valence-corrected chi connectivity index (χ4v) is 2.40. The van der Waals surface area contributed by atoms with E-state index < -0.39 is 6.10 Å². The summed E-state index contributed by atoms with van der Waals surface area (Å²) in [5.41, 5.74) is 5.69. The van der Waals surface area contributed by atoms with E-state index in [2.05, 4.69) is 32.0 Å². The molecule has 2 nitrogen and oxygen atoms in total. The van der Waals surface area contributed by atoms with Gasteiger partial charge in [0, 0.05) is 13.5 Å². The maximum atomic E-state index is 10.4. The summed E-state index contributed by atoms with van der Waals surface area (Å²) in [6.07, 6.45) is 0.163. The Morgan fingerprint density at radius 3 is 2.65 bits per heavy atom. The lowest BCUT2D eigenvalue weighted by Crippen LogP contribution is -2.04. The summed E-state index contributed by atoms with van der Waals surface area (Å²) >= 11 is 0. The smallest absolute Gasteiger partial charge is 0.0830 e. The largest absolute Gasteiger partial charge is 0.388 e. The highest BCUT2D eigenvalue weighted by Crippen LogP contribution is 2.22. The van der Waals surface area contributed by atoms with Crippen LogP contribution < -0.4 is 0 Å². The van der Waals surface area contributed by atoms with Crippen LogP contribution in [0, 0.1) is 13.8 Å². The molecule has 1 atom stereocenters. The maximum absolute atomic E-state index is 10.4. The minimum atomic E-state index is -0.479. The van der Waals surface area contributed by atoms with Crippen LogP contribution in [0.5, 0.6) is 0 Å². The molecule has 0 heterocycles. The average Bonchev–Trinajstić information content (AvgIpc) is 2.43. The topological polar surface area (TPSA) is 29.5 Å². The molecule has 20 heavy (non-hydrogen) atoms. The van der Waals surface area contributed by atoms with Gasteiger partial charge in [0.05, 0.1) is 12.7 Å². The van der Waals surface area contributed by atoms with Crippen LogP contribution in [0.2, 0.25) is 0 Å².